The number of rotatable bonds is 3. The Morgan fingerprint density at radius 3 is 2.38 bits per heavy atom. The van der Waals surface area contributed by atoms with Gasteiger partial charge in [-0.1, -0.05) is 6.07 Å². The molecule has 1 aliphatic heterocycles. The van der Waals surface area contributed by atoms with Crippen LogP contribution in [0, 0.1) is 5.82 Å². The normalized spacial score (nSPS) is 18.0. The van der Waals surface area contributed by atoms with E-state index in [1.165, 1.54) is 0 Å². The Labute approximate surface area is 120 Å². The molecule has 1 aromatic carbocycles. The molecule has 0 amide bonds. The molecule has 0 spiro atoms. The summed E-state index contributed by atoms with van der Waals surface area (Å²) in [5.74, 6) is -1.95. The van der Waals surface area contributed by atoms with Gasteiger partial charge in [-0.15, -0.1) is 0 Å². The average Bonchev–Trinajstić information content (AvgIpc) is 2.40. The zero-order valence-electron chi connectivity index (χ0n) is 11.6. The van der Waals surface area contributed by atoms with Gasteiger partial charge in [0.05, 0.1) is 17.7 Å². The zero-order chi connectivity index (χ0) is 15.6. The van der Waals surface area contributed by atoms with E-state index < -0.39 is 28.9 Å². The van der Waals surface area contributed by atoms with Crippen LogP contribution >= 0.6 is 0 Å². The number of benzene rings is 1. The summed E-state index contributed by atoms with van der Waals surface area (Å²) in [4.78, 5) is 15.9. The van der Waals surface area contributed by atoms with Crippen LogP contribution in [0.25, 0.3) is 0 Å². The van der Waals surface area contributed by atoms with E-state index in [-0.39, 0.29) is 6.54 Å². The van der Waals surface area contributed by atoms with E-state index in [4.69, 9.17) is 0 Å². The number of carbonyl (C=O) groups is 1. The minimum absolute atomic E-state index is 0.197. The molecule has 2 rings (SSSR count). The Kier molecular flexibility index (Phi) is 4.63. The fourth-order valence-corrected chi connectivity index (χ4v) is 2.33. The van der Waals surface area contributed by atoms with E-state index in [9.17, 15) is 22.4 Å². The molecule has 0 unspecified atom stereocenters. The highest BCUT2D eigenvalue weighted by Gasteiger charge is 2.37. The van der Waals surface area contributed by atoms with Gasteiger partial charge in [-0.2, -0.15) is 13.2 Å². The van der Waals surface area contributed by atoms with Crippen molar-refractivity contribution in [2.24, 2.45) is 0 Å². The van der Waals surface area contributed by atoms with Crippen LogP contribution < -0.4 is 0 Å². The Morgan fingerprint density at radius 2 is 1.81 bits per heavy atom. The van der Waals surface area contributed by atoms with Crippen molar-refractivity contribution in [1.29, 1.82) is 0 Å². The van der Waals surface area contributed by atoms with Gasteiger partial charge in [0.15, 0.2) is 5.78 Å². The van der Waals surface area contributed by atoms with Crippen molar-refractivity contribution in [2.75, 3.05) is 39.8 Å². The van der Waals surface area contributed by atoms with Gasteiger partial charge in [-0.3, -0.25) is 9.69 Å². The lowest BCUT2D eigenvalue weighted by Crippen LogP contribution is -2.46. The summed E-state index contributed by atoms with van der Waals surface area (Å²) >= 11 is 0. The predicted molar refractivity (Wildman–Crippen MR) is 69.7 cm³/mol. The van der Waals surface area contributed by atoms with Crippen LogP contribution in [0.1, 0.15) is 15.9 Å². The highest BCUT2D eigenvalue weighted by atomic mass is 19.4. The van der Waals surface area contributed by atoms with Crippen LogP contribution in [-0.2, 0) is 6.18 Å². The van der Waals surface area contributed by atoms with Crippen molar-refractivity contribution in [3.63, 3.8) is 0 Å². The van der Waals surface area contributed by atoms with Gasteiger partial charge in [0.25, 0.3) is 0 Å². The SMILES string of the molecule is CN1CCN(CC(=O)c2c(F)cccc2C(F)(F)F)CC1. The molecule has 116 valence electrons. The number of hydrogen-bond acceptors (Lipinski definition) is 3. The molecule has 21 heavy (non-hydrogen) atoms. The zero-order valence-corrected chi connectivity index (χ0v) is 11.6. The van der Waals surface area contributed by atoms with E-state index in [2.05, 4.69) is 4.90 Å². The monoisotopic (exact) mass is 304 g/mol. The van der Waals surface area contributed by atoms with Gasteiger partial charge in [-0.05, 0) is 19.2 Å². The fraction of sp³-hybridized carbons (Fsp3) is 0.500. The molecule has 0 saturated carbocycles. The highest BCUT2D eigenvalue weighted by molar-refractivity contribution is 5.99. The lowest BCUT2D eigenvalue weighted by Gasteiger charge is -2.31. The second-order valence-electron chi connectivity index (χ2n) is 5.16. The standard InChI is InChI=1S/C14H16F4N2O/c1-19-5-7-20(8-6-19)9-12(21)13-10(14(16,17)18)3-2-4-11(13)15/h2-4H,5-9H2,1H3. The van der Waals surface area contributed by atoms with E-state index in [0.717, 1.165) is 31.3 Å². The largest absolute Gasteiger partial charge is 0.417 e. The number of hydrogen-bond donors (Lipinski definition) is 0. The second-order valence-corrected chi connectivity index (χ2v) is 5.16. The third-order valence-corrected chi connectivity index (χ3v) is 3.56. The maximum Gasteiger partial charge on any atom is 0.417 e. The molecular formula is C14H16F4N2O. The molecule has 0 aromatic heterocycles. The summed E-state index contributed by atoms with van der Waals surface area (Å²) in [5, 5.41) is 0. The molecule has 3 nitrogen and oxygen atoms in total. The van der Waals surface area contributed by atoms with Crippen molar-refractivity contribution >= 4 is 5.78 Å². The van der Waals surface area contributed by atoms with Crippen LogP contribution in [0.4, 0.5) is 17.6 Å². The van der Waals surface area contributed by atoms with Gasteiger partial charge in [0.1, 0.15) is 5.82 Å². The Morgan fingerprint density at radius 1 is 1.19 bits per heavy atom. The van der Waals surface area contributed by atoms with Crippen LogP contribution in [0.5, 0.6) is 0 Å². The molecule has 1 aliphatic rings. The molecule has 0 atom stereocenters. The average molecular weight is 304 g/mol. The summed E-state index contributed by atoms with van der Waals surface area (Å²) in [6.07, 6.45) is -4.74. The maximum absolute atomic E-state index is 13.7. The van der Waals surface area contributed by atoms with E-state index in [0.29, 0.717) is 13.1 Å². The number of piperazine rings is 1. The lowest BCUT2D eigenvalue weighted by atomic mass is 10.0. The number of alkyl halides is 3. The van der Waals surface area contributed by atoms with Crippen LogP contribution in [-0.4, -0.2) is 55.4 Å². The fourth-order valence-electron chi connectivity index (χ4n) is 2.33. The van der Waals surface area contributed by atoms with Crippen molar-refractivity contribution in [1.82, 2.24) is 9.80 Å². The van der Waals surface area contributed by atoms with Gasteiger partial charge >= 0.3 is 6.18 Å². The number of ketones is 1. The van der Waals surface area contributed by atoms with Gasteiger partial charge < -0.3 is 4.90 Å². The Balaban J connectivity index is 2.19. The molecule has 0 N–H and O–H groups in total. The van der Waals surface area contributed by atoms with Crippen LogP contribution in [0.3, 0.4) is 0 Å². The first-order chi connectivity index (χ1) is 9.79. The number of halogens is 4. The molecule has 7 heteroatoms. The summed E-state index contributed by atoms with van der Waals surface area (Å²) in [6.45, 7) is 2.43. The Hall–Kier alpha value is -1.47. The Bertz CT molecular complexity index is 522. The summed E-state index contributed by atoms with van der Waals surface area (Å²) in [6, 6.07) is 2.58. The molecule has 0 radical (unpaired) electrons. The third kappa shape index (κ3) is 3.79. The van der Waals surface area contributed by atoms with Gasteiger partial charge in [-0.25, -0.2) is 4.39 Å². The minimum Gasteiger partial charge on any atom is -0.304 e. The molecular weight excluding hydrogens is 288 g/mol. The maximum atomic E-state index is 13.7. The quantitative estimate of drug-likeness (QED) is 0.632. The second kappa shape index (κ2) is 6.11. The highest BCUT2D eigenvalue weighted by Crippen LogP contribution is 2.33. The predicted octanol–water partition coefficient (Wildman–Crippen LogP) is 2.27. The first kappa shape index (κ1) is 15.9. The molecule has 1 aromatic rings. The van der Waals surface area contributed by atoms with E-state index in [1.54, 1.807) is 4.90 Å². The number of likely N-dealkylation sites (N-methyl/N-ethyl adjacent to an activating group) is 1. The van der Waals surface area contributed by atoms with E-state index in [1.807, 2.05) is 7.05 Å². The summed E-state index contributed by atoms with van der Waals surface area (Å²) in [7, 11) is 1.93. The number of carbonyl (C=O) groups excluding carboxylic acids is 1. The molecule has 1 saturated heterocycles. The van der Waals surface area contributed by atoms with Gasteiger partial charge in [0, 0.05) is 26.2 Å². The third-order valence-electron chi connectivity index (χ3n) is 3.56. The van der Waals surface area contributed by atoms with Crippen molar-refractivity contribution < 1.29 is 22.4 Å². The van der Waals surface area contributed by atoms with Crippen LogP contribution in [0.2, 0.25) is 0 Å². The molecule has 1 fully saturated rings. The molecule has 0 bridgehead atoms. The lowest BCUT2D eigenvalue weighted by molar-refractivity contribution is -0.138. The smallest absolute Gasteiger partial charge is 0.304 e. The van der Waals surface area contributed by atoms with Crippen molar-refractivity contribution in [2.45, 2.75) is 6.18 Å². The number of Topliss-reactive ketones (excluding diaryl/α,β-unsaturated/α-hetero) is 1. The first-order valence-corrected chi connectivity index (χ1v) is 6.59. The molecule has 0 aliphatic carbocycles. The summed E-state index contributed by atoms with van der Waals surface area (Å²) in [5.41, 5.74) is -2.06. The number of nitrogens with zero attached hydrogens (tertiary/aromatic N) is 2. The first-order valence-electron chi connectivity index (χ1n) is 6.59. The molecule has 1 heterocycles. The topological polar surface area (TPSA) is 23.6 Å². The van der Waals surface area contributed by atoms with Crippen molar-refractivity contribution in [3.8, 4) is 0 Å². The summed E-state index contributed by atoms with van der Waals surface area (Å²) < 4.78 is 52.3. The van der Waals surface area contributed by atoms with E-state index >= 15 is 0 Å². The van der Waals surface area contributed by atoms with Crippen molar-refractivity contribution in [3.05, 3.63) is 35.1 Å². The van der Waals surface area contributed by atoms with Gasteiger partial charge in [0.2, 0.25) is 0 Å². The minimum atomic E-state index is -4.74. The van der Waals surface area contributed by atoms with Crippen LogP contribution in [0.15, 0.2) is 18.2 Å².